The third-order valence-corrected chi connectivity index (χ3v) is 5.57. The molecule has 4 nitrogen and oxygen atoms in total. The number of para-hydroxylation sites is 2. The molecule has 1 fully saturated rings. The van der Waals surface area contributed by atoms with Gasteiger partial charge in [0.25, 0.3) is 0 Å². The summed E-state index contributed by atoms with van der Waals surface area (Å²) in [5.74, 6) is 0. The van der Waals surface area contributed by atoms with E-state index in [9.17, 15) is 5.11 Å². The first kappa shape index (κ1) is 19.9. The molecule has 1 N–H and O–H groups in total. The molecule has 1 aliphatic rings. The van der Waals surface area contributed by atoms with Gasteiger partial charge in [0.05, 0.1) is 17.3 Å². The minimum absolute atomic E-state index is 0.272. The molecule has 0 radical (unpaired) electrons. The number of aliphatic hydroxyl groups is 1. The Labute approximate surface area is 163 Å². The van der Waals surface area contributed by atoms with Crippen LogP contribution in [0.1, 0.15) is 34.1 Å². The highest BCUT2D eigenvalue weighted by Gasteiger charge is 2.50. The quantitative estimate of drug-likeness (QED) is 0.723. The second-order valence-electron chi connectivity index (χ2n) is 8.20. The molecule has 1 saturated heterocycles. The number of aliphatic hydroxyl groups excluding tert-OH is 1. The Balaban J connectivity index is 1.63. The fraction of sp³-hybridized carbons (Fsp3) is 0.455. The number of anilines is 2. The van der Waals surface area contributed by atoms with Gasteiger partial charge in [0.1, 0.15) is 0 Å². The predicted octanol–water partition coefficient (Wildman–Crippen LogP) is 4.67. The molecule has 2 aromatic carbocycles. The van der Waals surface area contributed by atoms with Crippen LogP contribution in [0.3, 0.4) is 0 Å². The van der Waals surface area contributed by atoms with Crippen molar-refractivity contribution < 1.29 is 14.4 Å². The van der Waals surface area contributed by atoms with Crippen molar-refractivity contribution in [3.63, 3.8) is 0 Å². The molecular weight excluding hydrogens is 337 g/mol. The molecule has 1 atom stereocenters. The van der Waals surface area contributed by atoms with Crippen molar-refractivity contribution in [1.82, 2.24) is 0 Å². The van der Waals surface area contributed by atoms with Gasteiger partial charge in [-0.3, -0.25) is 0 Å². The maximum atomic E-state index is 10.7. The lowest BCUT2D eigenvalue weighted by Gasteiger charge is -2.32. The topological polar surface area (TPSA) is 41.9 Å². The lowest BCUT2D eigenvalue weighted by molar-refractivity contribution is 0.00578. The van der Waals surface area contributed by atoms with Gasteiger partial charge in [0.2, 0.25) is 0 Å². The highest BCUT2D eigenvalue weighted by Crippen LogP contribution is 2.38. The molecule has 0 aromatic heterocycles. The fourth-order valence-corrected chi connectivity index (χ4v) is 3.29. The molecule has 0 spiro atoms. The zero-order valence-electron chi connectivity index (χ0n) is 16.8. The van der Waals surface area contributed by atoms with E-state index in [-0.39, 0.29) is 18.3 Å². The maximum Gasteiger partial charge on any atom is 0.457 e. The van der Waals surface area contributed by atoms with Crippen molar-refractivity contribution in [3.8, 4) is 0 Å². The largest absolute Gasteiger partial charge is 0.457 e. The van der Waals surface area contributed by atoms with Gasteiger partial charge in [-0.25, -0.2) is 0 Å². The highest BCUT2D eigenvalue weighted by atomic mass is 16.7. The van der Waals surface area contributed by atoms with Gasteiger partial charge in [-0.05, 0) is 64.7 Å². The molecule has 0 aliphatic carbocycles. The number of hydrogen-bond acceptors (Lipinski definition) is 4. The Bertz CT molecular complexity index is 665. The number of hydrogen-bond donors (Lipinski definition) is 1. The lowest BCUT2D eigenvalue weighted by atomic mass is 9.82. The summed E-state index contributed by atoms with van der Waals surface area (Å²) in [5, 5.41) is 10.7. The van der Waals surface area contributed by atoms with Crippen molar-refractivity contribution in [2.75, 3.05) is 11.4 Å². The molecule has 1 aliphatic heterocycles. The minimum Gasteiger partial charge on any atom is -0.403 e. The molecule has 3 rings (SSSR count). The van der Waals surface area contributed by atoms with E-state index in [2.05, 4.69) is 56.9 Å². The van der Waals surface area contributed by atoms with Crippen LogP contribution in [0.15, 0.2) is 60.7 Å². The Hall–Kier alpha value is -1.82. The van der Waals surface area contributed by atoms with Crippen LogP contribution in [-0.4, -0.2) is 36.1 Å². The number of rotatable bonds is 7. The van der Waals surface area contributed by atoms with E-state index in [1.807, 2.05) is 36.4 Å². The van der Waals surface area contributed by atoms with Crippen molar-refractivity contribution in [3.05, 3.63) is 60.7 Å². The molecule has 0 bridgehead atoms. The second-order valence-corrected chi connectivity index (χ2v) is 8.20. The highest BCUT2D eigenvalue weighted by molar-refractivity contribution is 6.45. The number of benzene rings is 2. The van der Waals surface area contributed by atoms with Crippen LogP contribution in [-0.2, 0) is 9.31 Å². The SMILES string of the molecule is CC1(C)OB(CCC(O)CN(c2ccccc2)c2ccccc2)OC1(C)C. The summed E-state index contributed by atoms with van der Waals surface area (Å²) >= 11 is 0. The number of nitrogens with zero attached hydrogens (tertiary/aromatic N) is 1. The minimum atomic E-state index is -0.482. The van der Waals surface area contributed by atoms with Gasteiger partial charge in [-0.1, -0.05) is 36.4 Å². The van der Waals surface area contributed by atoms with Crippen molar-refractivity contribution in [2.24, 2.45) is 0 Å². The fourth-order valence-electron chi connectivity index (χ4n) is 3.29. The third-order valence-electron chi connectivity index (χ3n) is 5.57. The molecule has 1 heterocycles. The first-order valence-electron chi connectivity index (χ1n) is 9.70. The first-order chi connectivity index (χ1) is 12.8. The monoisotopic (exact) mass is 367 g/mol. The summed E-state index contributed by atoms with van der Waals surface area (Å²) in [7, 11) is -0.272. The van der Waals surface area contributed by atoms with Crippen LogP contribution in [0.5, 0.6) is 0 Å². The molecule has 2 aromatic rings. The van der Waals surface area contributed by atoms with Crippen LogP contribution in [0.4, 0.5) is 11.4 Å². The Morgan fingerprint density at radius 3 is 1.74 bits per heavy atom. The molecule has 0 saturated carbocycles. The van der Waals surface area contributed by atoms with Crippen molar-refractivity contribution in [1.29, 1.82) is 0 Å². The smallest absolute Gasteiger partial charge is 0.403 e. The Morgan fingerprint density at radius 2 is 1.30 bits per heavy atom. The van der Waals surface area contributed by atoms with Crippen LogP contribution in [0.2, 0.25) is 6.32 Å². The molecule has 27 heavy (non-hydrogen) atoms. The average molecular weight is 367 g/mol. The van der Waals surface area contributed by atoms with Crippen LogP contribution < -0.4 is 4.90 Å². The molecular formula is C22H30BNO3. The maximum absolute atomic E-state index is 10.7. The summed E-state index contributed by atoms with van der Waals surface area (Å²) in [5.41, 5.74) is 1.47. The third kappa shape index (κ3) is 4.73. The van der Waals surface area contributed by atoms with E-state index in [0.29, 0.717) is 19.3 Å². The summed E-state index contributed by atoms with van der Waals surface area (Å²) in [4.78, 5) is 2.15. The van der Waals surface area contributed by atoms with Gasteiger partial charge in [-0.2, -0.15) is 0 Å². The molecule has 1 unspecified atom stereocenters. The zero-order valence-corrected chi connectivity index (χ0v) is 16.8. The van der Waals surface area contributed by atoms with Crippen molar-refractivity contribution >= 4 is 18.5 Å². The van der Waals surface area contributed by atoms with Crippen LogP contribution >= 0.6 is 0 Å². The Morgan fingerprint density at radius 1 is 0.852 bits per heavy atom. The van der Waals surface area contributed by atoms with E-state index in [1.165, 1.54) is 0 Å². The lowest BCUT2D eigenvalue weighted by Crippen LogP contribution is -2.41. The van der Waals surface area contributed by atoms with Gasteiger partial charge >= 0.3 is 7.12 Å². The summed E-state index contributed by atoms with van der Waals surface area (Å²) in [6.07, 6.45) is 0.808. The van der Waals surface area contributed by atoms with Gasteiger partial charge in [0, 0.05) is 17.9 Å². The first-order valence-corrected chi connectivity index (χ1v) is 9.70. The van der Waals surface area contributed by atoms with Gasteiger partial charge < -0.3 is 19.3 Å². The van der Waals surface area contributed by atoms with E-state index in [4.69, 9.17) is 9.31 Å². The Kier molecular flexibility index (Phi) is 5.94. The van der Waals surface area contributed by atoms with E-state index in [1.54, 1.807) is 0 Å². The summed E-state index contributed by atoms with van der Waals surface area (Å²) in [6, 6.07) is 20.3. The standard InChI is InChI=1S/C22H30BNO3/c1-21(2)22(3,4)27-23(26-21)16-15-20(25)17-24(18-11-7-5-8-12-18)19-13-9-6-10-14-19/h5-14,20,25H,15-17H2,1-4H3. The molecule has 0 amide bonds. The van der Waals surface area contributed by atoms with Gasteiger partial charge in [0.15, 0.2) is 0 Å². The summed E-state index contributed by atoms with van der Waals surface area (Å²) < 4.78 is 12.1. The molecule has 144 valence electrons. The van der Waals surface area contributed by atoms with Crippen molar-refractivity contribution in [2.45, 2.75) is 57.7 Å². The average Bonchev–Trinajstić information content (AvgIpc) is 2.86. The van der Waals surface area contributed by atoms with Crippen LogP contribution in [0.25, 0.3) is 0 Å². The predicted molar refractivity (Wildman–Crippen MR) is 111 cm³/mol. The van der Waals surface area contributed by atoms with E-state index in [0.717, 1.165) is 11.4 Å². The summed E-state index contributed by atoms with van der Waals surface area (Å²) in [6.45, 7) is 8.73. The van der Waals surface area contributed by atoms with Gasteiger partial charge in [-0.15, -0.1) is 0 Å². The normalized spacial score (nSPS) is 19.1. The van der Waals surface area contributed by atoms with E-state index < -0.39 is 6.10 Å². The zero-order chi connectivity index (χ0) is 19.5. The molecule has 5 heteroatoms. The van der Waals surface area contributed by atoms with Crippen LogP contribution in [0, 0.1) is 0 Å². The second kappa shape index (κ2) is 8.05. The van der Waals surface area contributed by atoms with E-state index >= 15 is 0 Å².